The van der Waals surface area contributed by atoms with Gasteiger partial charge >= 0.3 is 5.97 Å². The lowest BCUT2D eigenvalue weighted by atomic mass is 10.1. The van der Waals surface area contributed by atoms with Crippen molar-refractivity contribution < 1.29 is 9.53 Å². The van der Waals surface area contributed by atoms with Crippen molar-refractivity contribution in [3.05, 3.63) is 83.9 Å². The Hall–Kier alpha value is -2.87. The maximum Gasteiger partial charge on any atom is 0.339 e. The summed E-state index contributed by atoms with van der Waals surface area (Å²) < 4.78 is 5.54. The maximum absolute atomic E-state index is 12.4. The van der Waals surface area contributed by atoms with E-state index < -0.39 is 0 Å². The van der Waals surface area contributed by atoms with E-state index >= 15 is 0 Å². The van der Waals surface area contributed by atoms with Crippen LogP contribution in [-0.2, 0) is 4.79 Å². The molecule has 0 unspecified atom stereocenters. The standard InChI is InChI=1S/C21H18O2/c1-2-17(14-16-8-4-3-5-9-16)21(22)23-20-13-12-18-10-6-7-11-19(18)15-20/h3-15H,2H2,1H3. The van der Waals surface area contributed by atoms with Gasteiger partial charge in [0.1, 0.15) is 5.75 Å². The third kappa shape index (κ3) is 3.67. The summed E-state index contributed by atoms with van der Waals surface area (Å²) >= 11 is 0. The van der Waals surface area contributed by atoms with Crippen LogP contribution in [0.2, 0.25) is 0 Å². The van der Waals surface area contributed by atoms with Gasteiger partial charge in [-0.3, -0.25) is 0 Å². The van der Waals surface area contributed by atoms with Crippen LogP contribution in [-0.4, -0.2) is 5.97 Å². The number of carbonyl (C=O) groups excluding carboxylic acids is 1. The van der Waals surface area contributed by atoms with Gasteiger partial charge < -0.3 is 4.74 Å². The minimum Gasteiger partial charge on any atom is -0.423 e. The molecule has 0 aliphatic rings. The topological polar surface area (TPSA) is 26.3 Å². The third-order valence-corrected chi connectivity index (χ3v) is 3.72. The van der Waals surface area contributed by atoms with Gasteiger partial charge in [0.2, 0.25) is 0 Å². The molecule has 0 aromatic heterocycles. The summed E-state index contributed by atoms with van der Waals surface area (Å²) in [5, 5.41) is 2.19. The molecule has 0 heterocycles. The second-order valence-corrected chi connectivity index (χ2v) is 5.33. The molecule has 0 spiro atoms. The van der Waals surface area contributed by atoms with Crippen LogP contribution in [0.1, 0.15) is 18.9 Å². The molecule has 0 N–H and O–H groups in total. The normalized spacial score (nSPS) is 11.4. The number of esters is 1. The zero-order valence-corrected chi connectivity index (χ0v) is 13.0. The minimum atomic E-state index is -0.299. The zero-order chi connectivity index (χ0) is 16.1. The molecule has 0 atom stereocenters. The number of ether oxygens (including phenoxy) is 1. The largest absolute Gasteiger partial charge is 0.423 e. The van der Waals surface area contributed by atoms with E-state index in [2.05, 4.69) is 0 Å². The molecule has 0 aliphatic carbocycles. The fourth-order valence-corrected chi connectivity index (χ4v) is 2.46. The second kappa shape index (κ2) is 6.93. The van der Waals surface area contributed by atoms with Gasteiger partial charge in [0.05, 0.1) is 0 Å². The Morgan fingerprint density at radius 3 is 2.35 bits per heavy atom. The van der Waals surface area contributed by atoms with Crippen LogP contribution in [0, 0.1) is 0 Å². The molecular formula is C21H18O2. The first-order valence-electron chi connectivity index (χ1n) is 7.73. The monoisotopic (exact) mass is 302 g/mol. The highest BCUT2D eigenvalue weighted by Crippen LogP contribution is 2.22. The van der Waals surface area contributed by atoms with E-state index in [-0.39, 0.29) is 5.97 Å². The van der Waals surface area contributed by atoms with E-state index in [4.69, 9.17) is 4.74 Å². The summed E-state index contributed by atoms with van der Waals surface area (Å²) in [6.07, 6.45) is 2.50. The van der Waals surface area contributed by atoms with Gasteiger partial charge in [0, 0.05) is 5.57 Å². The van der Waals surface area contributed by atoms with Crippen molar-refractivity contribution in [3.63, 3.8) is 0 Å². The predicted molar refractivity (Wildman–Crippen MR) is 94.3 cm³/mol. The van der Waals surface area contributed by atoms with Crippen LogP contribution in [0.3, 0.4) is 0 Å². The number of hydrogen-bond acceptors (Lipinski definition) is 2. The number of hydrogen-bond donors (Lipinski definition) is 0. The first-order valence-corrected chi connectivity index (χ1v) is 7.73. The van der Waals surface area contributed by atoms with Crippen molar-refractivity contribution in [3.8, 4) is 5.75 Å². The smallest absolute Gasteiger partial charge is 0.339 e. The molecule has 2 nitrogen and oxygen atoms in total. The van der Waals surface area contributed by atoms with E-state index in [9.17, 15) is 4.79 Å². The van der Waals surface area contributed by atoms with Gasteiger partial charge in [-0.05, 0) is 41.0 Å². The van der Waals surface area contributed by atoms with Gasteiger partial charge in [0.15, 0.2) is 0 Å². The number of fused-ring (bicyclic) bond motifs is 1. The fourth-order valence-electron chi connectivity index (χ4n) is 2.46. The molecule has 3 aromatic rings. The Kier molecular flexibility index (Phi) is 4.53. The number of benzene rings is 3. The van der Waals surface area contributed by atoms with Crippen LogP contribution in [0.25, 0.3) is 16.8 Å². The molecule has 0 aliphatic heterocycles. The van der Waals surface area contributed by atoms with Gasteiger partial charge in [0.25, 0.3) is 0 Å². The molecule has 0 saturated heterocycles. The van der Waals surface area contributed by atoms with E-state index in [0.717, 1.165) is 16.3 Å². The van der Waals surface area contributed by atoms with E-state index in [1.54, 1.807) is 0 Å². The molecule has 0 amide bonds. The Morgan fingerprint density at radius 2 is 1.61 bits per heavy atom. The summed E-state index contributed by atoms with van der Waals surface area (Å²) in [5.41, 5.74) is 1.66. The van der Waals surface area contributed by atoms with Crippen LogP contribution in [0.15, 0.2) is 78.4 Å². The molecular weight excluding hydrogens is 284 g/mol. The average Bonchev–Trinajstić information content (AvgIpc) is 2.60. The van der Waals surface area contributed by atoms with E-state index in [0.29, 0.717) is 17.7 Å². The molecule has 0 bridgehead atoms. The number of rotatable bonds is 4. The zero-order valence-electron chi connectivity index (χ0n) is 13.0. The fraction of sp³-hybridized carbons (Fsp3) is 0.0952. The maximum atomic E-state index is 12.4. The molecule has 2 heteroatoms. The molecule has 0 radical (unpaired) electrons. The first-order chi connectivity index (χ1) is 11.3. The predicted octanol–water partition coefficient (Wildman–Crippen LogP) is 5.24. The SMILES string of the molecule is CCC(=Cc1ccccc1)C(=O)Oc1ccc2ccccc2c1. The van der Waals surface area contributed by atoms with Crippen molar-refractivity contribution >= 4 is 22.8 Å². The van der Waals surface area contributed by atoms with Gasteiger partial charge in [-0.15, -0.1) is 0 Å². The van der Waals surface area contributed by atoms with Crippen LogP contribution < -0.4 is 4.74 Å². The van der Waals surface area contributed by atoms with Gasteiger partial charge in [-0.2, -0.15) is 0 Å². The average molecular weight is 302 g/mol. The molecule has 23 heavy (non-hydrogen) atoms. The lowest BCUT2D eigenvalue weighted by Gasteiger charge is -2.08. The van der Waals surface area contributed by atoms with Gasteiger partial charge in [-0.1, -0.05) is 67.6 Å². The molecule has 114 valence electrons. The summed E-state index contributed by atoms with van der Waals surface area (Å²) in [4.78, 5) is 12.4. The van der Waals surface area contributed by atoms with Crippen molar-refractivity contribution in [2.75, 3.05) is 0 Å². The molecule has 3 rings (SSSR count). The van der Waals surface area contributed by atoms with E-state index in [1.807, 2.05) is 85.8 Å². The summed E-state index contributed by atoms with van der Waals surface area (Å²) in [6, 6.07) is 23.5. The Labute approximate surface area is 136 Å². The van der Waals surface area contributed by atoms with Crippen LogP contribution in [0.4, 0.5) is 0 Å². The Balaban J connectivity index is 1.82. The summed E-state index contributed by atoms with van der Waals surface area (Å²) in [5.74, 6) is 0.271. The van der Waals surface area contributed by atoms with Crippen molar-refractivity contribution in [1.82, 2.24) is 0 Å². The van der Waals surface area contributed by atoms with Crippen molar-refractivity contribution in [2.24, 2.45) is 0 Å². The lowest BCUT2D eigenvalue weighted by molar-refractivity contribution is -0.130. The quantitative estimate of drug-likeness (QED) is 0.374. The third-order valence-electron chi connectivity index (χ3n) is 3.72. The first kappa shape index (κ1) is 15.0. The summed E-state index contributed by atoms with van der Waals surface area (Å²) in [7, 11) is 0. The van der Waals surface area contributed by atoms with E-state index in [1.165, 1.54) is 0 Å². The number of carbonyl (C=O) groups is 1. The highest BCUT2D eigenvalue weighted by atomic mass is 16.5. The highest BCUT2D eigenvalue weighted by Gasteiger charge is 2.11. The van der Waals surface area contributed by atoms with Gasteiger partial charge in [-0.25, -0.2) is 4.79 Å². The van der Waals surface area contributed by atoms with Crippen molar-refractivity contribution in [2.45, 2.75) is 13.3 Å². The van der Waals surface area contributed by atoms with Crippen LogP contribution >= 0.6 is 0 Å². The van der Waals surface area contributed by atoms with Crippen molar-refractivity contribution in [1.29, 1.82) is 0 Å². The molecule has 0 saturated carbocycles. The molecule has 0 fully saturated rings. The summed E-state index contributed by atoms with van der Waals surface area (Å²) in [6.45, 7) is 1.95. The molecule has 3 aromatic carbocycles. The highest BCUT2D eigenvalue weighted by molar-refractivity contribution is 5.95. The van der Waals surface area contributed by atoms with Crippen LogP contribution in [0.5, 0.6) is 5.75 Å². The Morgan fingerprint density at radius 1 is 0.913 bits per heavy atom. The second-order valence-electron chi connectivity index (χ2n) is 5.33. The lowest BCUT2D eigenvalue weighted by Crippen LogP contribution is -2.10. The Bertz CT molecular complexity index is 848. The minimum absolute atomic E-state index is 0.299.